The molecular formula is C76H96N8O6. The Kier molecular flexibility index (Phi) is 22.1. The molecule has 90 heavy (non-hydrogen) atoms. The highest BCUT2D eigenvalue weighted by Gasteiger charge is 2.24. The lowest BCUT2D eigenvalue weighted by Crippen LogP contribution is -2.40. The number of aromatic hydroxyl groups is 6. The van der Waals surface area contributed by atoms with E-state index >= 15 is 0 Å². The molecule has 2 aromatic heterocycles. The molecule has 476 valence electrons. The minimum Gasteiger partial charge on any atom is -0.507 e. The standard InChI is InChI=1S/C76H96N8O6/c1-49-27-55(7)71(85)61(33-49)39-79-19-23-81(41-63-35-51(3)29-57(9)73(63)87)45-67-15-13-17-69(77-67)47-83(43-65-37-53(5)31-59(11)75(65)89)25-21-80(40-62-34-50(2)28-56(8)72(62)86)22-26-84(44-66-38-54(6)32-60(12)76(66)90)48-70-18-14-16-68(78-70)46-82(24-20-79)42-64-36-52(4)30-58(10)74(64)88/h13-18,27-38,85-90H,19-26,39-48H2,1-12H3. The molecule has 0 unspecified atom stereocenters. The number of aryl methyl sites for hydroxylation is 12. The predicted molar refractivity (Wildman–Crippen MR) is 361 cm³/mol. The highest BCUT2D eigenvalue weighted by molar-refractivity contribution is 5.47. The molecule has 14 heteroatoms. The Hall–Kier alpha value is -7.82. The van der Waals surface area contributed by atoms with Crippen LogP contribution in [-0.2, 0) is 65.4 Å². The van der Waals surface area contributed by atoms with Gasteiger partial charge in [0.05, 0.1) is 22.8 Å². The van der Waals surface area contributed by atoms with Crippen LogP contribution in [0.2, 0.25) is 0 Å². The van der Waals surface area contributed by atoms with Crippen molar-refractivity contribution in [3.8, 4) is 34.5 Å². The van der Waals surface area contributed by atoms with Gasteiger partial charge >= 0.3 is 0 Å². The first kappa shape index (κ1) is 66.6. The van der Waals surface area contributed by atoms with Crippen molar-refractivity contribution < 1.29 is 30.6 Å². The third kappa shape index (κ3) is 17.8. The van der Waals surface area contributed by atoms with Gasteiger partial charge in [-0.3, -0.25) is 39.4 Å². The van der Waals surface area contributed by atoms with Crippen LogP contribution in [0.4, 0.5) is 0 Å². The number of fused-ring (bicyclic) bond motifs is 4. The average molecular weight is 1220 g/mol. The Balaban J connectivity index is 1.16. The van der Waals surface area contributed by atoms with Gasteiger partial charge in [-0.25, -0.2) is 0 Å². The summed E-state index contributed by atoms with van der Waals surface area (Å²) in [5.74, 6) is 1.72. The topological polar surface area (TPSA) is 167 Å². The highest BCUT2D eigenvalue weighted by atomic mass is 16.3. The second-order valence-electron chi connectivity index (χ2n) is 26.2. The largest absolute Gasteiger partial charge is 0.507 e. The number of rotatable bonds is 12. The van der Waals surface area contributed by atoms with Crippen LogP contribution in [0.5, 0.6) is 34.5 Å². The maximum Gasteiger partial charge on any atom is 0.122 e. The molecule has 0 amide bonds. The van der Waals surface area contributed by atoms with E-state index in [1.54, 1.807) is 0 Å². The summed E-state index contributed by atoms with van der Waals surface area (Å²) in [5.41, 5.74) is 20.0. The third-order valence-electron chi connectivity index (χ3n) is 17.7. The van der Waals surface area contributed by atoms with Crippen LogP contribution in [0.15, 0.2) is 109 Å². The van der Waals surface area contributed by atoms with Gasteiger partial charge in [0.1, 0.15) is 34.5 Å². The van der Waals surface area contributed by atoms with Crippen molar-refractivity contribution in [2.45, 2.75) is 149 Å². The molecule has 14 nitrogen and oxygen atoms in total. The minimum atomic E-state index is 0.285. The second-order valence-corrected chi connectivity index (χ2v) is 26.2. The zero-order valence-corrected chi connectivity index (χ0v) is 55.4. The van der Waals surface area contributed by atoms with Gasteiger partial charge in [-0.05, 0) is 141 Å². The van der Waals surface area contributed by atoms with Gasteiger partial charge in [0, 0.05) is 151 Å². The van der Waals surface area contributed by atoms with Gasteiger partial charge < -0.3 is 30.6 Å². The SMILES string of the molecule is Cc1cc(C)c(O)c(CN2CCN(Cc3cc(C)cc(C)c3O)Cc3cccc(n3)CN(Cc3cc(C)cc(C)c3O)CCN(Cc3cc(C)cc(C)c3O)CCN(Cc3cc(C)cc(C)c3O)Cc3cccc(n3)CN(Cc3cc(C)cc(C)c3O)CC2)c1. The lowest BCUT2D eigenvalue weighted by Gasteiger charge is -2.32. The molecule has 0 saturated carbocycles. The second kappa shape index (κ2) is 29.9. The summed E-state index contributed by atoms with van der Waals surface area (Å²) in [5, 5.41) is 70.0. The van der Waals surface area contributed by atoms with Crippen molar-refractivity contribution in [1.29, 1.82) is 0 Å². The average Bonchev–Trinajstić information content (AvgIpc) is 1.36. The number of aromatic nitrogens is 2. The Labute approximate surface area is 535 Å². The lowest BCUT2D eigenvalue weighted by molar-refractivity contribution is 0.152. The summed E-state index contributed by atoms with van der Waals surface area (Å²) in [7, 11) is 0. The molecule has 0 spiro atoms. The molecule has 4 bridgehead atoms. The molecule has 8 aromatic rings. The molecule has 1 aliphatic heterocycles. The zero-order chi connectivity index (χ0) is 64.5. The monoisotopic (exact) mass is 1220 g/mol. The number of pyridine rings is 2. The summed E-state index contributed by atoms with van der Waals surface area (Å²) in [6, 6.07) is 37.0. The molecule has 0 radical (unpaired) electrons. The molecule has 0 saturated heterocycles. The van der Waals surface area contributed by atoms with Crippen LogP contribution < -0.4 is 0 Å². The Bertz CT molecular complexity index is 3400. The van der Waals surface area contributed by atoms with Gasteiger partial charge in [0.2, 0.25) is 0 Å². The maximum absolute atomic E-state index is 11.7. The number of benzene rings is 6. The van der Waals surface area contributed by atoms with Gasteiger partial charge in [0.25, 0.3) is 0 Å². The van der Waals surface area contributed by atoms with E-state index in [0.717, 1.165) is 123 Å². The fourth-order valence-corrected chi connectivity index (χ4v) is 13.3. The molecule has 0 atom stereocenters. The molecule has 6 aromatic carbocycles. The van der Waals surface area contributed by atoms with Crippen LogP contribution >= 0.6 is 0 Å². The Morgan fingerprint density at radius 1 is 0.256 bits per heavy atom. The maximum atomic E-state index is 11.7. The molecular weight excluding hydrogens is 1120 g/mol. The van der Waals surface area contributed by atoms with Crippen molar-refractivity contribution in [1.82, 2.24) is 39.4 Å². The summed E-state index contributed by atoms with van der Waals surface area (Å²) >= 11 is 0. The van der Waals surface area contributed by atoms with Crippen LogP contribution in [0.25, 0.3) is 0 Å². The molecule has 3 heterocycles. The number of hydrogen-bond donors (Lipinski definition) is 6. The lowest BCUT2D eigenvalue weighted by atomic mass is 10.0. The number of nitrogens with zero attached hydrogens (tertiary/aromatic N) is 8. The van der Waals surface area contributed by atoms with Crippen molar-refractivity contribution in [2.24, 2.45) is 0 Å². The zero-order valence-electron chi connectivity index (χ0n) is 55.4. The summed E-state index contributed by atoms with van der Waals surface area (Å²) in [6.45, 7) is 33.8. The van der Waals surface area contributed by atoms with E-state index in [0.29, 0.717) is 129 Å². The van der Waals surface area contributed by atoms with Gasteiger partial charge in [-0.2, -0.15) is 0 Å². The van der Waals surface area contributed by atoms with Gasteiger partial charge in [0.15, 0.2) is 0 Å². The van der Waals surface area contributed by atoms with Crippen LogP contribution in [-0.4, -0.2) is 122 Å². The van der Waals surface area contributed by atoms with Gasteiger partial charge in [-0.1, -0.05) is 118 Å². The summed E-state index contributed by atoms with van der Waals surface area (Å²) in [6.07, 6.45) is 0. The van der Waals surface area contributed by atoms with Crippen molar-refractivity contribution in [2.75, 3.05) is 52.4 Å². The van der Waals surface area contributed by atoms with E-state index in [-0.39, 0.29) is 23.0 Å². The van der Waals surface area contributed by atoms with E-state index in [2.05, 4.69) is 144 Å². The first-order chi connectivity index (χ1) is 42.9. The van der Waals surface area contributed by atoms with Crippen molar-refractivity contribution >= 4 is 0 Å². The Morgan fingerprint density at radius 3 is 0.611 bits per heavy atom. The summed E-state index contributed by atoms with van der Waals surface area (Å²) in [4.78, 5) is 25.1. The predicted octanol–water partition coefficient (Wildman–Crippen LogP) is 13.1. The minimum absolute atomic E-state index is 0.285. The van der Waals surface area contributed by atoms with E-state index < -0.39 is 0 Å². The first-order valence-electron chi connectivity index (χ1n) is 31.9. The number of hydrogen-bond acceptors (Lipinski definition) is 14. The molecule has 0 fully saturated rings. The van der Waals surface area contributed by atoms with Crippen LogP contribution in [0.3, 0.4) is 0 Å². The van der Waals surface area contributed by atoms with Gasteiger partial charge in [-0.15, -0.1) is 0 Å². The van der Waals surface area contributed by atoms with Crippen molar-refractivity contribution in [3.63, 3.8) is 0 Å². The van der Waals surface area contributed by atoms with E-state index in [9.17, 15) is 30.6 Å². The quantitative estimate of drug-likeness (QED) is 0.0684. The third-order valence-corrected chi connectivity index (χ3v) is 17.7. The molecule has 6 N–H and O–H groups in total. The van der Waals surface area contributed by atoms with Crippen LogP contribution in [0, 0.1) is 83.1 Å². The summed E-state index contributed by atoms with van der Waals surface area (Å²) < 4.78 is 0. The van der Waals surface area contributed by atoms with Crippen LogP contribution in [0.1, 0.15) is 123 Å². The molecule has 0 aliphatic carbocycles. The smallest absolute Gasteiger partial charge is 0.122 e. The molecule has 9 rings (SSSR count). The highest BCUT2D eigenvalue weighted by Crippen LogP contribution is 2.32. The van der Waals surface area contributed by atoms with E-state index in [1.807, 2.05) is 77.9 Å². The fraction of sp³-hybridized carbons (Fsp3) is 0.395. The number of phenolic OH excluding ortho intramolecular Hbond substituents is 6. The number of phenols is 6. The van der Waals surface area contributed by atoms with E-state index in [4.69, 9.17) is 9.97 Å². The van der Waals surface area contributed by atoms with E-state index in [1.165, 1.54) is 0 Å². The normalized spacial score (nSPS) is 15.5. The molecule has 1 aliphatic rings. The fourth-order valence-electron chi connectivity index (χ4n) is 13.3. The first-order valence-corrected chi connectivity index (χ1v) is 31.9. The Morgan fingerprint density at radius 2 is 0.422 bits per heavy atom. The van der Waals surface area contributed by atoms with Crippen molar-refractivity contribution in [3.05, 3.63) is 232 Å².